The zero-order chi connectivity index (χ0) is 17.4. The summed E-state index contributed by atoms with van der Waals surface area (Å²) in [7, 11) is -3.45. The number of sulfonamides is 1. The minimum Gasteiger partial charge on any atom is -0.484 e. The van der Waals surface area contributed by atoms with E-state index in [-0.39, 0.29) is 24.0 Å². The van der Waals surface area contributed by atoms with Crippen LogP contribution in [0.3, 0.4) is 0 Å². The zero-order valence-electron chi connectivity index (χ0n) is 13.6. The van der Waals surface area contributed by atoms with Crippen LogP contribution in [0.15, 0.2) is 29.2 Å². The molecule has 0 radical (unpaired) electrons. The number of aliphatic hydroxyl groups is 1. The first-order valence-corrected chi connectivity index (χ1v) is 9.58. The van der Waals surface area contributed by atoms with Crippen molar-refractivity contribution in [2.24, 2.45) is 0 Å². The van der Waals surface area contributed by atoms with Gasteiger partial charge < -0.3 is 15.2 Å². The number of piperidine rings is 1. The molecule has 24 heavy (non-hydrogen) atoms. The molecule has 2 N–H and O–H groups in total. The monoisotopic (exact) mass is 356 g/mol. The SMILES string of the molecule is O=C(COc1ccc(S(=O)(=O)N2CCCCC2)cc1)NCCCO. The van der Waals surface area contributed by atoms with Gasteiger partial charge in [0.05, 0.1) is 4.90 Å². The standard InChI is InChI=1S/C16H24N2O5S/c19-12-4-9-17-16(20)13-23-14-5-7-15(8-6-14)24(21,22)18-10-2-1-3-11-18/h5-8,19H,1-4,9-13H2,(H,17,20). The van der Waals surface area contributed by atoms with E-state index in [0.29, 0.717) is 31.8 Å². The molecule has 8 heteroatoms. The zero-order valence-corrected chi connectivity index (χ0v) is 14.4. The molecule has 0 spiro atoms. The Bertz CT molecular complexity index is 624. The van der Waals surface area contributed by atoms with E-state index in [0.717, 1.165) is 19.3 Å². The molecule has 1 fully saturated rings. The topological polar surface area (TPSA) is 95.9 Å². The third-order valence-electron chi connectivity index (χ3n) is 3.80. The van der Waals surface area contributed by atoms with E-state index in [4.69, 9.17) is 9.84 Å². The minimum atomic E-state index is -3.45. The van der Waals surface area contributed by atoms with E-state index in [1.54, 1.807) is 12.1 Å². The molecule has 7 nitrogen and oxygen atoms in total. The molecule has 134 valence electrons. The number of carbonyl (C=O) groups excluding carboxylic acids is 1. The van der Waals surface area contributed by atoms with E-state index in [2.05, 4.69) is 5.32 Å². The van der Waals surface area contributed by atoms with Crippen LogP contribution in [0.2, 0.25) is 0 Å². The Morgan fingerprint density at radius 3 is 2.46 bits per heavy atom. The maximum absolute atomic E-state index is 12.5. The Labute approximate surface area is 142 Å². The lowest BCUT2D eigenvalue weighted by Gasteiger charge is -2.25. The first kappa shape index (κ1) is 18.7. The van der Waals surface area contributed by atoms with Crippen LogP contribution in [0.1, 0.15) is 25.7 Å². The highest BCUT2D eigenvalue weighted by Crippen LogP contribution is 2.22. The Kier molecular flexibility index (Phi) is 7.01. The summed E-state index contributed by atoms with van der Waals surface area (Å²) < 4.78 is 31.9. The second kappa shape index (κ2) is 9.00. The molecule has 0 aliphatic carbocycles. The quantitative estimate of drug-likeness (QED) is 0.670. The fourth-order valence-corrected chi connectivity index (χ4v) is 3.99. The average molecular weight is 356 g/mol. The molecule has 1 aromatic carbocycles. The summed E-state index contributed by atoms with van der Waals surface area (Å²) >= 11 is 0. The van der Waals surface area contributed by atoms with Crippen molar-refractivity contribution in [3.8, 4) is 5.75 Å². The van der Waals surface area contributed by atoms with Gasteiger partial charge in [0, 0.05) is 26.2 Å². The fourth-order valence-electron chi connectivity index (χ4n) is 2.47. The van der Waals surface area contributed by atoms with Crippen molar-refractivity contribution in [3.63, 3.8) is 0 Å². The molecule has 0 aromatic heterocycles. The first-order chi connectivity index (χ1) is 11.5. The molecular weight excluding hydrogens is 332 g/mol. The van der Waals surface area contributed by atoms with Crippen molar-refractivity contribution in [2.75, 3.05) is 32.8 Å². The molecule has 1 aliphatic rings. The Balaban J connectivity index is 1.89. The molecule has 1 aromatic rings. The summed E-state index contributed by atoms with van der Waals surface area (Å²) in [6.45, 7) is 1.40. The van der Waals surface area contributed by atoms with E-state index >= 15 is 0 Å². The predicted octanol–water partition coefficient (Wildman–Crippen LogP) is 0.739. The summed E-state index contributed by atoms with van der Waals surface area (Å²) in [5.41, 5.74) is 0. The lowest BCUT2D eigenvalue weighted by molar-refractivity contribution is -0.123. The number of nitrogens with zero attached hydrogens (tertiary/aromatic N) is 1. The second-order valence-electron chi connectivity index (χ2n) is 5.65. The van der Waals surface area contributed by atoms with Crippen LogP contribution in [0, 0.1) is 0 Å². The highest BCUT2D eigenvalue weighted by molar-refractivity contribution is 7.89. The van der Waals surface area contributed by atoms with Gasteiger partial charge >= 0.3 is 0 Å². The Morgan fingerprint density at radius 2 is 1.83 bits per heavy atom. The third-order valence-corrected chi connectivity index (χ3v) is 5.72. The van der Waals surface area contributed by atoms with Crippen molar-refractivity contribution in [2.45, 2.75) is 30.6 Å². The second-order valence-corrected chi connectivity index (χ2v) is 7.59. The van der Waals surface area contributed by atoms with Gasteiger partial charge in [0.2, 0.25) is 10.0 Å². The van der Waals surface area contributed by atoms with Crippen molar-refractivity contribution < 1.29 is 23.1 Å². The summed E-state index contributed by atoms with van der Waals surface area (Å²) in [6, 6.07) is 6.11. The maximum atomic E-state index is 12.5. The van der Waals surface area contributed by atoms with E-state index < -0.39 is 10.0 Å². The van der Waals surface area contributed by atoms with Gasteiger partial charge in [-0.05, 0) is 43.5 Å². The van der Waals surface area contributed by atoms with Crippen LogP contribution >= 0.6 is 0 Å². The molecule has 0 saturated carbocycles. The highest BCUT2D eigenvalue weighted by Gasteiger charge is 2.25. The van der Waals surface area contributed by atoms with Crippen molar-refractivity contribution in [3.05, 3.63) is 24.3 Å². The summed E-state index contributed by atoms with van der Waals surface area (Å²) in [5.74, 6) is 0.151. The predicted molar refractivity (Wildman–Crippen MR) is 89.3 cm³/mol. The average Bonchev–Trinajstić information content (AvgIpc) is 2.61. The van der Waals surface area contributed by atoms with Gasteiger partial charge in [-0.2, -0.15) is 4.31 Å². The van der Waals surface area contributed by atoms with Crippen LogP contribution in [-0.2, 0) is 14.8 Å². The summed E-state index contributed by atoms with van der Waals surface area (Å²) in [6.07, 6.45) is 3.35. The van der Waals surface area contributed by atoms with Crippen LogP contribution < -0.4 is 10.1 Å². The summed E-state index contributed by atoms with van der Waals surface area (Å²) in [5, 5.41) is 11.2. The molecule has 1 heterocycles. The van der Waals surface area contributed by atoms with Gasteiger partial charge in [0.15, 0.2) is 6.61 Å². The molecule has 0 atom stereocenters. The summed E-state index contributed by atoms with van der Waals surface area (Å²) in [4.78, 5) is 11.7. The molecular formula is C16H24N2O5S. The lowest BCUT2D eigenvalue weighted by Crippen LogP contribution is -2.35. The van der Waals surface area contributed by atoms with Crippen LogP contribution in [0.25, 0.3) is 0 Å². The van der Waals surface area contributed by atoms with Crippen LogP contribution in [0.5, 0.6) is 5.75 Å². The van der Waals surface area contributed by atoms with E-state index in [1.807, 2.05) is 0 Å². The van der Waals surface area contributed by atoms with Crippen LogP contribution in [0.4, 0.5) is 0 Å². The largest absolute Gasteiger partial charge is 0.484 e. The van der Waals surface area contributed by atoms with Gasteiger partial charge in [-0.1, -0.05) is 6.42 Å². The highest BCUT2D eigenvalue weighted by atomic mass is 32.2. The number of carbonyl (C=O) groups is 1. The number of hydrogen-bond donors (Lipinski definition) is 2. The smallest absolute Gasteiger partial charge is 0.257 e. The normalized spacial score (nSPS) is 15.9. The van der Waals surface area contributed by atoms with Gasteiger partial charge in [0.25, 0.3) is 5.91 Å². The van der Waals surface area contributed by atoms with Gasteiger partial charge in [-0.15, -0.1) is 0 Å². The number of benzene rings is 1. The number of hydrogen-bond acceptors (Lipinski definition) is 5. The molecule has 1 aliphatic heterocycles. The van der Waals surface area contributed by atoms with Crippen molar-refractivity contribution >= 4 is 15.9 Å². The Morgan fingerprint density at radius 1 is 1.17 bits per heavy atom. The molecule has 1 saturated heterocycles. The van der Waals surface area contributed by atoms with Gasteiger partial charge in [0.1, 0.15) is 5.75 Å². The first-order valence-electron chi connectivity index (χ1n) is 8.14. The molecule has 1 amide bonds. The van der Waals surface area contributed by atoms with Crippen molar-refractivity contribution in [1.29, 1.82) is 0 Å². The van der Waals surface area contributed by atoms with Gasteiger partial charge in [-0.3, -0.25) is 4.79 Å². The van der Waals surface area contributed by atoms with Gasteiger partial charge in [-0.25, -0.2) is 8.42 Å². The number of rotatable bonds is 8. The number of aliphatic hydroxyl groups excluding tert-OH is 1. The molecule has 0 unspecified atom stereocenters. The Hall–Kier alpha value is -1.64. The molecule has 2 rings (SSSR count). The maximum Gasteiger partial charge on any atom is 0.257 e. The number of nitrogens with one attached hydrogen (secondary N) is 1. The fraction of sp³-hybridized carbons (Fsp3) is 0.562. The van der Waals surface area contributed by atoms with Crippen LogP contribution in [-0.4, -0.2) is 56.6 Å². The minimum absolute atomic E-state index is 0.0219. The number of amides is 1. The number of ether oxygens (including phenoxy) is 1. The third kappa shape index (κ3) is 5.19. The lowest BCUT2D eigenvalue weighted by atomic mass is 10.2. The van der Waals surface area contributed by atoms with E-state index in [1.165, 1.54) is 16.4 Å². The van der Waals surface area contributed by atoms with E-state index in [9.17, 15) is 13.2 Å². The van der Waals surface area contributed by atoms with Crippen molar-refractivity contribution in [1.82, 2.24) is 9.62 Å². The molecule has 0 bridgehead atoms.